The number of nitrogens with zero attached hydrogens (tertiary/aromatic N) is 1. The van der Waals surface area contributed by atoms with Gasteiger partial charge in [-0.05, 0) is 17.7 Å². The number of hydrogen-bond acceptors (Lipinski definition) is 10. The Morgan fingerprint density at radius 3 is 2.22 bits per heavy atom. The molecule has 0 bridgehead atoms. The van der Waals surface area contributed by atoms with Crippen molar-refractivity contribution >= 4 is 35.5 Å². The van der Waals surface area contributed by atoms with Gasteiger partial charge in [-0.1, -0.05) is 30.3 Å². The lowest BCUT2D eigenvalue weighted by atomic mass is 10.2. The average Bonchev–Trinajstić information content (AvgIpc) is 2.89. The van der Waals surface area contributed by atoms with E-state index in [0.29, 0.717) is 0 Å². The van der Waals surface area contributed by atoms with Crippen molar-refractivity contribution in [3.63, 3.8) is 0 Å². The van der Waals surface area contributed by atoms with Crippen molar-refractivity contribution < 1.29 is 43.1 Å². The lowest BCUT2D eigenvalue weighted by Crippen LogP contribution is -2.51. The van der Waals surface area contributed by atoms with Crippen LogP contribution >= 0.6 is 0 Å². The smallest absolute Gasteiger partial charge is 0.407 e. The molecule has 0 saturated heterocycles. The lowest BCUT2D eigenvalue weighted by Gasteiger charge is -2.17. The van der Waals surface area contributed by atoms with Gasteiger partial charge in [0.2, 0.25) is 11.8 Å². The monoisotopic (exact) mass is 516 g/mol. The quantitative estimate of drug-likeness (QED) is 0.156. The molecule has 0 aliphatic carbocycles. The molecular weight excluding hydrogens is 492 g/mol. The molecule has 2 aromatic rings. The van der Waals surface area contributed by atoms with Gasteiger partial charge < -0.3 is 30.2 Å². The van der Waals surface area contributed by atoms with Crippen molar-refractivity contribution in [2.75, 3.05) is 20.2 Å². The Kier molecular flexibility index (Phi) is 11.0. The summed E-state index contributed by atoms with van der Waals surface area (Å²) in [7, 11) is 1.09. The zero-order valence-corrected chi connectivity index (χ0v) is 19.6. The summed E-state index contributed by atoms with van der Waals surface area (Å²) in [6.45, 7) is -1.20. The van der Waals surface area contributed by atoms with Crippen LogP contribution in [0.25, 0.3) is 0 Å². The number of alkyl carbamates (subject to hydrolysis) is 1. The fourth-order valence-electron chi connectivity index (χ4n) is 2.72. The Morgan fingerprint density at radius 1 is 0.919 bits per heavy atom. The summed E-state index contributed by atoms with van der Waals surface area (Å²) in [4.78, 5) is 70.2. The average molecular weight is 516 g/mol. The first-order valence-corrected chi connectivity index (χ1v) is 10.7. The standard InChI is InChI=1S/C23H24N4O10/c1-35-20(29)11-18(26-19(28)12-25-23(32)36-14-15-5-3-2-4-6-15)22(31)24-13-21(30)37-17-9-7-16(8-10-17)27(33)34/h2-10,18H,11-14H2,1H3,(H,24,31)(H,25,32)(H,26,28)/t18-/m0/s1. The number of methoxy groups -OCH3 is 1. The topological polar surface area (TPSA) is 192 Å². The summed E-state index contributed by atoms with van der Waals surface area (Å²) in [5, 5.41) is 17.4. The zero-order chi connectivity index (χ0) is 27.2. The molecule has 0 fully saturated rings. The summed E-state index contributed by atoms with van der Waals surface area (Å²) >= 11 is 0. The molecule has 0 aromatic heterocycles. The van der Waals surface area contributed by atoms with Crippen LogP contribution < -0.4 is 20.7 Å². The lowest BCUT2D eigenvalue weighted by molar-refractivity contribution is -0.384. The third kappa shape index (κ3) is 10.4. The second kappa shape index (κ2) is 14.4. The Bertz CT molecular complexity index is 1120. The van der Waals surface area contributed by atoms with Crippen LogP contribution in [0, 0.1) is 10.1 Å². The molecule has 3 N–H and O–H groups in total. The molecule has 0 spiro atoms. The first kappa shape index (κ1) is 28.2. The number of carbonyl (C=O) groups excluding carboxylic acids is 5. The largest absolute Gasteiger partial charge is 0.469 e. The minimum Gasteiger partial charge on any atom is -0.469 e. The van der Waals surface area contributed by atoms with Gasteiger partial charge in [0, 0.05) is 12.1 Å². The van der Waals surface area contributed by atoms with Gasteiger partial charge in [-0.25, -0.2) is 9.59 Å². The van der Waals surface area contributed by atoms with Crippen LogP contribution in [0.15, 0.2) is 54.6 Å². The Labute approximate surface area is 210 Å². The van der Waals surface area contributed by atoms with E-state index in [1.54, 1.807) is 30.3 Å². The Morgan fingerprint density at radius 2 is 1.59 bits per heavy atom. The minimum atomic E-state index is -1.42. The van der Waals surface area contributed by atoms with Crippen LogP contribution in [0.1, 0.15) is 12.0 Å². The molecule has 0 saturated carbocycles. The van der Waals surface area contributed by atoms with E-state index in [-0.39, 0.29) is 18.0 Å². The van der Waals surface area contributed by atoms with E-state index in [9.17, 15) is 34.1 Å². The van der Waals surface area contributed by atoms with Crippen molar-refractivity contribution in [3.05, 3.63) is 70.3 Å². The van der Waals surface area contributed by atoms with Gasteiger partial charge in [-0.15, -0.1) is 0 Å². The molecule has 196 valence electrons. The maximum atomic E-state index is 12.5. The second-order valence-electron chi connectivity index (χ2n) is 7.26. The van der Waals surface area contributed by atoms with Gasteiger partial charge in [0.05, 0.1) is 18.5 Å². The van der Waals surface area contributed by atoms with E-state index in [0.717, 1.165) is 24.8 Å². The normalized spacial score (nSPS) is 10.8. The molecule has 2 aromatic carbocycles. The Hall–Kier alpha value is -5.01. The summed E-state index contributed by atoms with van der Waals surface area (Å²) in [5.41, 5.74) is 0.539. The number of amides is 3. The molecule has 14 nitrogen and oxygen atoms in total. The minimum absolute atomic E-state index is 0.00878. The number of carbonyl (C=O) groups is 5. The van der Waals surface area contributed by atoms with Crippen LogP contribution in [-0.2, 0) is 35.3 Å². The van der Waals surface area contributed by atoms with Crippen LogP contribution in [0.5, 0.6) is 5.75 Å². The van der Waals surface area contributed by atoms with Gasteiger partial charge in [0.25, 0.3) is 5.69 Å². The Balaban J connectivity index is 1.82. The van der Waals surface area contributed by atoms with Crippen molar-refractivity contribution in [1.82, 2.24) is 16.0 Å². The van der Waals surface area contributed by atoms with Crippen molar-refractivity contribution in [1.29, 1.82) is 0 Å². The number of hydrogen-bond donors (Lipinski definition) is 3. The van der Waals surface area contributed by atoms with Gasteiger partial charge in [0.15, 0.2) is 0 Å². The summed E-state index contributed by atoms with van der Waals surface area (Å²) < 4.78 is 14.5. The fourth-order valence-corrected chi connectivity index (χ4v) is 2.72. The van der Waals surface area contributed by atoms with Crippen LogP contribution in [0.2, 0.25) is 0 Å². The molecule has 0 unspecified atom stereocenters. The molecule has 37 heavy (non-hydrogen) atoms. The van der Waals surface area contributed by atoms with Crippen LogP contribution in [0.3, 0.4) is 0 Å². The molecule has 1 atom stereocenters. The molecular formula is C23H24N4O10. The number of non-ortho nitro benzene ring substituents is 1. The van der Waals surface area contributed by atoms with Crippen molar-refractivity contribution in [2.45, 2.75) is 19.1 Å². The van der Waals surface area contributed by atoms with E-state index in [1.165, 1.54) is 12.1 Å². The number of nitrogens with one attached hydrogen (secondary N) is 3. The molecule has 0 radical (unpaired) electrons. The van der Waals surface area contributed by atoms with E-state index in [2.05, 4.69) is 20.7 Å². The highest BCUT2D eigenvalue weighted by atomic mass is 16.6. The summed E-state index contributed by atoms with van der Waals surface area (Å²) in [6.07, 6.45) is -1.42. The maximum absolute atomic E-state index is 12.5. The van der Waals surface area contributed by atoms with Gasteiger partial charge in [-0.2, -0.15) is 0 Å². The number of nitro benzene ring substituents is 1. The first-order chi connectivity index (χ1) is 17.7. The van der Waals surface area contributed by atoms with E-state index >= 15 is 0 Å². The number of benzene rings is 2. The highest BCUT2D eigenvalue weighted by Crippen LogP contribution is 2.17. The third-order valence-electron chi connectivity index (χ3n) is 4.54. The number of rotatable bonds is 12. The second-order valence-corrected chi connectivity index (χ2v) is 7.26. The van der Waals surface area contributed by atoms with Crippen molar-refractivity contribution in [3.8, 4) is 5.75 Å². The molecule has 0 aliphatic heterocycles. The molecule has 14 heteroatoms. The van der Waals surface area contributed by atoms with Crippen LogP contribution in [-0.4, -0.2) is 61.0 Å². The zero-order valence-electron chi connectivity index (χ0n) is 19.6. The molecule has 3 amide bonds. The predicted molar refractivity (Wildman–Crippen MR) is 125 cm³/mol. The SMILES string of the molecule is COC(=O)C[C@H](NC(=O)CNC(=O)OCc1ccccc1)C(=O)NCC(=O)Oc1ccc([N+](=O)[O-])cc1. The third-order valence-corrected chi connectivity index (χ3v) is 4.54. The van der Waals surface area contributed by atoms with E-state index < -0.39 is 60.3 Å². The van der Waals surface area contributed by atoms with Gasteiger partial charge >= 0.3 is 18.0 Å². The van der Waals surface area contributed by atoms with E-state index in [1.807, 2.05) is 0 Å². The molecule has 0 heterocycles. The van der Waals surface area contributed by atoms with E-state index in [4.69, 9.17) is 9.47 Å². The summed E-state index contributed by atoms with van der Waals surface area (Å²) in [6, 6.07) is 12.1. The highest BCUT2D eigenvalue weighted by molar-refractivity contribution is 5.93. The highest BCUT2D eigenvalue weighted by Gasteiger charge is 2.25. The number of nitro groups is 1. The summed E-state index contributed by atoms with van der Waals surface area (Å²) in [5.74, 6) is -3.42. The maximum Gasteiger partial charge on any atom is 0.407 e. The number of esters is 2. The first-order valence-electron chi connectivity index (χ1n) is 10.7. The predicted octanol–water partition coefficient (Wildman–Crippen LogP) is 0.591. The van der Waals surface area contributed by atoms with Gasteiger partial charge in [-0.3, -0.25) is 24.5 Å². The number of ether oxygens (including phenoxy) is 3. The molecule has 0 aliphatic rings. The fraction of sp³-hybridized carbons (Fsp3) is 0.261. The van der Waals surface area contributed by atoms with Crippen molar-refractivity contribution in [2.24, 2.45) is 0 Å². The molecule has 2 rings (SSSR count). The van der Waals surface area contributed by atoms with Crippen LogP contribution in [0.4, 0.5) is 10.5 Å². The van der Waals surface area contributed by atoms with Gasteiger partial charge in [0.1, 0.15) is 31.5 Å².